The summed E-state index contributed by atoms with van der Waals surface area (Å²) >= 11 is 0. The van der Waals surface area contributed by atoms with E-state index in [4.69, 9.17) is 10.2 Å². The summed E-state index contributed by atoms with van der Waals surface area (Å²) in [5.74, 6) is 0. The first-order chi connectivity index (χ1) is 30.6. The Morgan fingerprint density at radius 1 is 0.500 bits per heavy atom. The van der Waals surface area contributed by atoms with Crippen LogP contribution in [0.25, 0.3) is 33.8 Å². The maximum Gasteiger partial charge on any atom is 0.286 e. The van der Waals surface area contributed by atoms with Gasteiger partial charge in [-0.1, -0.05) is 71.8 Å². The fraction of sp³-hybridized carbons (Fsp3) is 0.167. The van der Waals surface area contributed by atoms with Crippen molar-refractivity contribution in [2.24, 2.45) is 24.3 Å². The lowest BCUT2D eigenvalue weighted by molar-refractivity contribution is -0.510. The molecule has 4 aromatic carbocycles. The molecule has 0 unspecified atom stereocenters. The molecule has 9 rings (SSSR count). The van der Waals surface area contributed by atoms with Gasteiger partial charge in [-0.3, -0.25) is 10.0 Å². The lowest BCUT2D eigenvalue weighted by atomic mass is 10.1. The van der Waals surface area contributed by atoms with Gasteiger partial charge in [-0.25, -0.2) is 34.8 Å². The third-order valence-electron chi connectivity index (χ3n) is 10.7. The Kier molecular flexibility index (Phi) is 13.8. The van der Waals surface area contributed by atoms with Crippen LogP contribution < -0.4 is 8.80 Å². The molecule has 64 heavy (non-hydrogen) atoms. The molecular formula is C48H48N8O6S2. The van der Waals surface area contributed by atoms with Crippen LogP contribution in [0.1, 0.15) is 22.3 Å². The number of fused-ring (bicyclic) bond motifs is 2. The van der Waals surface area contributed by atoms with Crippen molar-refractivity contribution in [3.63, 3.8) is 0 Å². The molecule has 0 N–H and O–H groups in total. The molecule has 8 aromatic rings. The number of aryl methyl sites for hydroxylation is 4. The third kappa shape index (κ3) is 11.3. The smallest absolute Gasteiger partial charge is 0.286 e. The van der Waals surface area contributed by atoms with Gasteiger partial charge in [0.05, 0.1) is 74.9 Å². The number of hydrazone groups is 2. The van der Waals surface area contributed by atoms with Crippen molar-refractivity contribution in [1.82, 2.24) is 19.2 Å². The van der Waals surface area contributed by atoms with Gasteiger partial charge in [0.15, 0.2) is 11.4 Å². The summed E-state index contributed by atoms with van der Waals surface area (Å²) in [5.41, 5.74) is 11.1. The van der Waals surface area contributed by atoms with Crippen molar-refractivity contribution < 1.29 is 34.7 Å². The van der Waals surface area contributed by atoms with E-state index in [1.165, 1.54) is 46.8 Å². The highest BCUT2D eigenvalue weighted by Crippen LogP contribution is 2.21. The molecule has 1 aliphatic heterocycles. The first kappa shape index (κ1) is 45.1. The van der Waals surface area contributed by atoms with E-state index in [-0.39, 0.29) is 9.79 Å². The fourth-order valence-corrected chi connectivity index (χ4v) is 7.94. The van der Waals surface area contributed by atoms with Crippen LogP contribution in [0.15, 0.2) is 178 Å². The average molecular weight is 897 g/mol. The molecule has 14 nitrogen and oxygen atoms in total. The minimum Gasteiger partial charge on any atom is -0.744 e. The van der Waals surface area contributed by atoms with Gasteiger partial charge in [0.1, 0.15) is 32.6 Å². The summed E-state index contributed by atoms with van der Waals surface area (Å²) in [6.45, 7) is 7.02. The highest BCUT2D eigenvalue weighted by Gasteiger charge is 2.17. The summed E-state index contributed by atoms with van der Waals surface area (Å²) < 4.78 is 71.1. The zero-order valence-electron chi connectivity index (χ0n) is 35.8. The maximum absolute atomic E-state index is 10.4. The molecule has 1 aliphatic rings. The van der Waals surface area contributed by atoms with E-state index in [0.29, 0.717) is 0 Å². The zero-order valence-corrected chi connectivity index (χ0v) is 37.5. The van der Waals surface area contributed by atoms with Gasteiger partial charge in [0.2, 0.25) is 0 Å². The lowest BCUT2D eigenvalue weighted by Crippen LogP contribution is -2.41. The topological polar surface area (TPSA) is 164 Å². The fourth-order valence-electron chi connectivity index (χ4n) is 7.00. The molecule has 5 heterocycles. The highest BCUT2D eigenvalue weighted by atomic mass is 32.2. The van der Waals surface area contributed by atoms with Crippen LogP contribution in [-0.2, 0) is 34.3 Å². The molecule has 0 spiro atoms. The quantitative estimate of drug-likeness (QED) is 0.103. The number of hydrogen-bond acceptors (Lipinski definition) is 10. The Hall–Kier alpha value is -6.98. The van der Waals surface area contributed by atoms with Crippen LogP contribution in [0.5, 0.6) is 0 Å². The normalized spacial score (nSPS) is 13.3. The van der Waals surface area contributed by atoms with E-state index in [1.807, 2.05) is 38.4 Å². The van der Waals surface area contributed by atoms with E-state index in [1.54, 1.807) is 24.3 Å². The Balaban J connectivity index is 0.000000227. The Labute approximate surface area is 373 Å². The average Bonchev–Trinajstić information content (AvgIpc) is 3.81. The van der Waals surface area contributed by atoms with Gasteiger partial charge >= 0.3 is 0 Å². The highest BCUT2D eigenvalue weighted by molar-refractivity contribution is 7.86. The molecule has 0 bridgehead atoms. The predicted octanol–water partition coefficient (Wildman–Crippen LogP) is 5.96. The van der Waals surface area contributed by atoms with E-state index in [9.17, 15) is 25.9 Å². The molecule has 1 fully saturated rings. The van der Waals surface area contributed by atoms with E-state index in [0.717, 1.165) is 59.7 Å². The number of imidazole rings is 2. The largest absolute Gasteiger partial charge is 0.744 e. The van der Waals surface area contributed by atoms with Gasteiger partial charge in [-0.05, 0) is 85.6 Å². The SMILES string of the molecule is Cc1ccc(S(=O)(=O)[O-])cc1.Cc1ccc(S(=O)(=O)[O-])cc1.Cn1c(-c2ccc(/C=N/N3CCN(/N=C/c4ccc(-c5c[n+]6ccccc6n5C)cc4)CC3)cc2)c[n+]2ccccc12. The van der Waals surface area contributed by atoms with Crippen LogP contribution >= 0.6 is 0 Å². The number of piperazine rings is 1. The van der Waals surface area contributed by atoms with Gasteiger partial charge < -0.3 is 9.11 Å². The Morgan fingerprint density at radius 3 is 1.16 bits per heavy atom. The molecule has 16 heteroatoms. The summed E-state index contributed by atoms with van der Waals surface area (Å²) in [7, 11) is -4.33. The second-order valence-corrected chi connectivity index (χ2v) is 18.0. The second kappa shape index (κ2) is 19.6. The van der Waals surface area contributed by atoms with Gasteiger partial charge in [-0.2, -0.15) is 10.2 Å². The van der Waals surface area contributed by atoms with Crippen molar-refractivity contribution in [3.8, 4) is 22.5 Å². The number of rotatable bonds is 8. The number of hydrogen-bond donors (Lipinski definition) is 0. The van der Waals surface area contributed by atoms with Crippen molar-refractivity contribution in [2.45, 2.75) is 23.6 Å². The minimum atomic E-state index is -4.27. The Bertz CT molecular complexity index is 2920. The van der Waals surface area contributed by atoms with Crippen molar-refractivity contribution >= 4 is 44.0 Å². The minimum absolute atomic E-state index is 0.178. The van der Waals surface area contributed by atoms with Crippen molar-refractivity contribution in [1.29, 1.82) is 0 Å². The van der Waals surface area contributed by atoms with E-state index in [2.05, 4.69) is 140 Å². The summed E-state index contributed by atoms with van der Waals surface area (Å²) in [5, 5.41) is 13.7. The molecular weight excluding hydrogens is 849 g/mol. The molecule has 4 aromatic heterocycles. The number of benzene rings is 4. The van der Waals surface area contributed by atoms with E-state index < -0.39 is 20.2 Å². The maximum atomic E-state index is 10.4. The van der Waals surface area contributed by atoms with Crippen LogP contribution in [0.2, 0.25) is 0 Å². The molecule has 1 saturated heterocycles. The summed E-state index contributed by atoms with van der Waals surface area (Å²) in [6, 6.07) is 41.2. The molecule has 0 atom stereocenters. The van der Waals surface area contributed by atoms with Crippen LogP contribution in [0.3, 0.4) is 0 Å². The van der Waals surface area contributed by atoms with Crippen LogP contribution in [0.4, 0.5) is 0 Å². The molecule has 0 radical (unpaired) electrons. The Morgan fingerprint density at radius 2 is 0.844 bits per heavy atom. The summed E-state index contributed by atoms with van der Waals surface area (Å²) in [6.07, 6.45) is 12.4. The lowest BCUT2D eigenvalue weighted by Gasteiger charge is -2.31. The predicted molar refractivity (Wildman–Crippen MR) is 245 cm³/mol. The molecule has 0 amide bonds. The van der Waals surface area contributed by atoms with Crippen LogP contribution in [0, 0.1) is 13.8 Å². The van der Waals surface area contributed by atoms with Gasteiger partial charge in [0, 0.05) is 23.3 Å². The number of pyridine rings is 2. The summed E-state index contributed by atoms with van der Waals surface area (Å²) in [4.78, 5) is -0.355. The standard InChI is InChI=1S/C34H34N8.2C7H8O3S/c1-37-31(25-39-17-5-3-7-33(37)39)29-13-9-27(10-14-29)23-35-41-19-21-42(22-20-41)36-24-28-11-15-30(16-12-28)32-26-40-18-6-4-8-34(40)38(32)2;2*1-6-2-4-7(5-3-6)11(8,9)10/h3-18,23-26H,19-22H2,1-2H3;2*2-5H,1H3,(H,8,9,10)/q+2;;/p-2/b35-23+,36-24+;;. The number of nitrogens with zero attached hydrogens (tertiary/aromatic N) is 8. The van der Waals surface area contributed by atoms with Crippen molar-refractivity contribution in [3.05, 3.63) is 181 Å². The number of aromatic nitrogens is 4. The first-order valence-corrected chi connectivity index (χ1v) is 23.2. The second-order valence-electron chi connectivity index (χ2n) is 15.3. The van der Waals surface area contributed by atoms with Crippen LogP contribution in [-0.4, -0.2) is 83.7 Å². The van der Waals surface area contributed by atoms with E-state index >= 15 is 0 Å². The van der Waals surface area contributed by atoms with Crippen molar-refractivity contribution in [2.75, 3.05) is 26.2 Å². The monoisotopic (exact) mass is 896 g/mol. The third-order valence-corrected chi connectivity index (χ3v) is 12.4. The van der Waals surface area contributed by atoms with Gasteiger partial charge in [-0.15, -0.1) is 0 Å². The van der Waals surface area contributed by atoms with Gasteiger partial charge in [0.25, 0.3) is 11.3 Å². The molecule has 0 saturated carbocycles. The first-order valence-electron chi connectivity index (χ1n) is 20.4. The zero-order chi connectivity index (χ0) is 45.4. The molecule has 328 valence electrons. The molecule has 0 aliphatic carbocycles.